The lowest BCUT2D eigenvalue weighted by Gasteiger charge is -2.42. The first-order valence-corrected chi connectivity index (χ1v) is 7.26. The average Bonchev–Trinajstić information content (AvgIpc) is 2.62. The Morgan fingerprint density at radius 3 is 2.62 bits per heavy atom. The molecule has 2 heterocycles. The molecule has 0 saturated carbocycles. The van der Waals surface area contributed by atoms with E-state index in [4.69, 9.17) is 5.11 Å². The number of carboxylic acids is 1. The van der Waals surface area contributed by atoms with Crippen LogP contribution in [0.1, 0.15) is 39.0 Å². The van der Waals surface area contributed by atoms with E-state index in [1.807, 2.05) is 11.8 Å². The van der Waals surface area contributed by atoms with E-state index in [9.17, 15) is 4.79 Å². The summed E-state index contributed by atoms with van der Waals surface area (Å²) in [7, 11) is 0. The number of rotatable bonds is 3. The Hall–Kier alpha value is -0.220. The standard InChI is InChI=1S/C12H21NO2S/c1-10-7-12(9-16-10,8-11(14)15)13-5-3-2-4-6-13/h10H,2-9H2,1H3,(H,14,15). The Morgan fingerprint density at radius 2 is 2.12 bits per heavy atom. The van der Waals surface area contributed by atoms with Crippen molar-refractivity contribution < 1.29 is 9.90 Å². The zero-order chi connectivity index (χ0) is 11.6. The minimum absolute atomic E-state index is 0.0453. The fourth-order valence-corrected chi connectivity index (χ4v) is 4.48. The second-order valence-corrected chi connectivity index (χ2v) is 6.60. The molecular formula is C12H21NO2S. The highest BCUT2D eigenvalue weighted by Gasteiger charge is 2.44. The van der Waals surface area contributed by atoms with Gasteiger partial charge in [0.2, 0.25) is 0 Å². The van der Waals surface area contributed by atoms with Gasteiger partial charge in [0.05, 0.1) is 6.42 Å². The molecule has 0 aliphatic carbocycles. The summed E-state index contributed by atoms with van der Waals surface area (Å²) in [5, 5.41) is 9.73. The number of hydrogen-bond donors (Lipinski definition) is 1. The van der Waals surface area contributed by atoms with Crippen LogP contribution in [-0.2, 0) is 4.79 Å². The summed E-state index contributed by atoms with van der Waals surface area (Å²) >= 11 is 1.93. The number of aliphatic carboxylic acids is 1. The summed E-state index contributed by atoms with van der Waals surface area (Å²) in [6.07, 6.45) is 5.15. The number of likely N-dealkylation sites (tertiary alicyclic amines) is 1. The van der Waals surface area contributed by atoms with Crippen LogP contribution in [0.3, 0.4) is 0 Å². The van der Waals surface area contributed by atoms with Gasteiger partial charge in [-0.05, 0) is 32.4 Å². The summed E-state index contributed by atoms with van der Waals surface area (Å²) < 4.78 is 0. The largest absolute Gasteiger partial charge is 0.481 e. The van der Waals surface area contributed by atoms with Gasteiger partial charge in [-0.25, -0.2) is 0 Å². The first-order valence-electron chi connectivity index (χ1n) is 6.21. The molecule has 92 valence electrons. The van der Waals surface area contributed by atoms with Crippen molar-refractivity contribution in [3.8, 4) is 0 Å². The number of piperidine rings is 1. The van der Waals surface area contributed by atoms with Gasteiger partial charge < -0.3 is 5.11 Å². The van der Waals surface area contributed by atoms with E-state index in [1.165, 1.54) is 19.3 Å². The van der Waals surface area contributed by atoms with Gasteiger partial charge in [0.25, 0.3) is 0 Å². The van der Waals surface area contributed by atoms with E-state index in [0.29, 0.717) is 11.7 Å². The Bertz CT molecular complexity index is 266. The lowest BCUT2D eigenvalue weighted by Crippen LogP contribution is -2.52. The highest BCUT2D eigenvalue weighted by atomic mass is 32.2. The van der Waals surface area contributed by atoms with Crippen molar-refractivity contribution in [2.75, 3.05) is 18.8 Å². The summed E-state index contributed by atoms with van der Waals surface area (Å²) in [5.74, 6) is 0.362. The van der Waals surface area contributed by atoms with Crippen molar-refractivity contribution in [1.29, 1.82) is 0 Å². The van der Waals surface area contributed by atoms with Crippen LogP contribution in [0.2, 0.25) is 0 Å². The van der Waals surface area contributed by atoms with Crippen LogP contribution in [0, 0.1) is 0 Å². The molecule has 2 atom stereocenters. The van der Waals surface area contributed by atoms with Gasteiger partial charge >= 0.3 is 5.97 Å². The third-order valence-corrected chi connectivity index (χ3v) is 5.25. The lowest BCUT2D eigenvalue weighted by atomic mass is 9.88. The smallest absolute Gasteiger partial charge is 0.305 e. The summed E-state index contributed by atoms with van der Waals surface area (Å²) in [4.78, 5) is 13.5. The predicted octanol–water partition coefficient (Wildman–Crippen LogP) is 2.21. The molecule has 0 amide bonds. The van der Waals surface area contributed by atoms with Gasteiger partial charge in [-0.1, -0.05) is 13.3 Å². The molecule has 2 fully saturated rings. The molecule has 3 nitrogen and oxygen atoms in total. The molecule has 0 aromatic heterocycles. The van der Waals surface area contributed by atoms with Crippen molar-refractivity contribution in [1.82, 2.24) is 4.90 Å². The molecule has 0 radical (unpaired) electrons. The molecule has 0 bridgehead atoms. The predicted molar refractivity (Wildman–Crippen MR) is 66.9 cm³/mol. The molecule has 2 aliphatic heterocycles. The maximum atomic E-state index is 11.1. The van der Waals surface area contributed by atoms with Crippen LogP contribution in [0.4, 0.5) is 0 Å². The summed E-state index contributed by atoms with van der Waals surface area (Å²) in [6.45, 7) is 4.42. The van der Waals surface area contributed by atoms with Crippen LogP contribution < -0.4 is 0 Å². The molecule has 2 aliphatic rings. The Kier molecular flexibility index (Phi) is 3.80. The van der Waals surface area contributed by atoms with Crippen LogP contribution in [-0.4, -0.2) is 45.6 Å². The van der Waals surface area contributed by atoms with E-state index < -0.39 is 5.97 Å². The molecule has 2 rings (SSSR count). The Labute approximate surface area is 102 Å². The molecule has 0 spiro atoms. The number of carbonyl (C=O) groups is 1. The maximum Gasteiger partial charge on any atom is 0.305 e. The average molecular weight is 243 g/mol. The Balaban J connectivity index is 2.09. The van der Waals surface area contributed by atoms with Gasteiger partial charge in [-0.3, -0.25) is 9.69 Å². The number of thioether (sulfide) groups is 1. The molecule has 0 aromatic rings. The minimum Gasteiger partial charge on any atom is -0.481 e. The number of nitrogens with zero attached hydrogens (tertiary/aromatic N) is 1. The van der Waals surface area contributed by atoms with Crippen molar-refractivity contribution in [3.63, 3.8) is 0 Å². The first-order chi connectivity index (χ1) is 7.62. The quantitative estimate of drug-likeness (QED) is 0.825. The van der Waals surface area contributed by atoms with Crippen LogP contribution in [0.5, 0.6) is 0 Å². The minimum atomic E-state index is -0.639. The third-order valence-electron chi connectivity index (χ3n) is 3.81. The molecule has 2 saturated heterocycles. The molecule has 2 unspecified atom stereocenters. The fourth-order valence-electron chi connectivity index (χ4n) is 3.06. The van der Waals surface area contributed by atoms with Gasteiger partial charge in [0.15, 0.2) is 0 Å². The highest BCUT2D eigenvalue weighted by Crippen LogP contribution is 2.41. The van der Waals surface area contributed by atoms with Gasteiger partial charge in [0, 0.05) is 16.5 Å². The zero-order valence-electron chi connectivity index (χ0n) is 9.95. The molecular weight excluding hydrogens is 222 g/mol. The van der Waals surface area contributed by atoms with Gasteiger partial charge in [0.1, 0.15) is 0 Å². The normalized spacial score (nSPS) is 36.4. The molecule has 16 heavy (non-hydrogen) atoms. The van der Waals surface area contributed by atoms with Crippen molar-refractivity contribution in [3.05, 3.63) is 0 Å². The summed E-state index contributed by atoms with van der Waals surface area (Å²) in [5.41, 5.74) is -0.0453. The Morgan fingerprint density at radius 1 is 1.44 bits per heavy atom. The summed E-state index contributed by atoms with van der Waals surface area (Å²) in [6, 6.07) is 0. The molecule has 4 heteroatoms. The first kappa shape index (κ1) is 12.2. The van der Waals surface area contributed by atoms with E-state index >= 15 is 0 Å². The van der Waals surface area contributed by atoms with Crippen molar-refractivity contribution in [2.24, 2.45) is 0 Å². The van der Waals surface area contributed by atoms with E-state index in [1.54, 1.807) is 0 Å². The van der Waals surface area contributed by atoms with Crippen LogP contribution in [0.15, 0.2) is 0 Å². The second kappa shape index (κ2) is 4.96. The van der Waals surface area contributed by atoms with E-state index in [-0.39, 0.29) is 5.54 Å². The monoisotopic (exact) mass is 243 g/mol. The molecule has 1 N–H and O–H groups in total. The van der Waals surface area contributed by atoms with E-state index in [2.05, 4.69) is 11.8 Å². The topological polar surface area (TPSA) is 40.5 Å². The zero-order valence-corrected chi connectivity index (χ0v) is 10.8. The molecule has 0 aromatic carbocycles. The number of hydrogen-bond acceptors (Lipinski definition) is 3. The van der Waals surface area contributed by atoms with Crippen LogP contribution >= 0.6 is 11.8 Å². The van der Waals surface area contributed by atoms with Crippen molar-refractivity contribution >= 4 is 17.7 Å². The second-order valence-electron chi connectivity index (χ2n) is 5.17. The van der Waals surface area contributed by atoms with Gasteiger partial charge in [-0.2, -0.15) is 11.8 Å². The van der Waals surface area contributed by atoms with Gasteiger partial charge in [-0.15, -0.1) is 0 Å². The van der Waals surface area contributed by atoms with E-state index in [0.717, 1.165) is 25.3 Å². The maximum absolute atomic E-state index is 11.1. The highest BCUT2D eigenvalue weighted by molar-refractivity contribution is 8.00. The lowest BCUT2D eigenvalue weighted by molar-refractivity contribution is -0.140. The third kappa shape index (κ3) is 2.54. The van der Waals surface area contributed by atoms with Crippen LogP contribution in [0.25, 0.3) is 0 Å². The SMILES string of the molecule is CC1CC(CC(=O)O)(N2CCCCC2)CS1. The van der Waals surface area contributed by atoms with Crippen molar-refractivity contribution in [2.45, 2.75) is 49.8 Å². The number of carboxylic acid groups (broad SMARTS) is 1. The fraction of sp³-hybridized carbons (Fsp3) is 0.917.